The summed E-state index contributed by atoms with van der Waals surface area (Å²) >= 11 is 0. The van der Waals surface area contributed by atoms with Gasteiger partial charge in [-0.2, -0.15) is 0 Å². The van der Waals surface area contributed by atoms with Crippen LogP contribution in [0.1, 0.15) is 17.2 Å². The molecule has 1 unspecified atom stereocenters. The largest absolute Gasteiger partial charge is 0.494 e. The summed E-state index contributed by atoms with van der Waals surface area (Å²) in [6.45, 7) is 0. The second-order valence-corrected chi connectivity index (χ2v) is 3.87. The second kappa shape index (κ2) is 5.67. The van der Waals surface area contributed by atoms with Gasteiger partial charge in [0.2, 0.25) is 5.88 Å². The fourth-order valence-corrected chi connectivity index (χ4v) is 1.85. The van der Waals surface area contributed by atoms with Crippen molar-refractivity contribution in [1.29, 1.82) is 0 Å². The highest BCUT2D eigenvalue weighted by Gasteiger charge is 2.21. The summed E-state index contributed by atoms with van der Waals surface area (Å²) in [5, 5.41) is 10.3. The molecule has 19 heavy (non-hydrogen) atoms. The van der Waals surface area contributed by atoms with Gasteiger partial charge in [-0.3, -0.25) is 0 Å². The van der Waals surface area contributed by atoms with E-state index in [1.165, 1.54) is 32.5 Å². The van der Waals surface area contributed by atoms with E-state index in [1.54, 1.807) is 18.2 Å². The summed E-state index contributed by atoms with van der Waals surface area (Å²) in [6, 6.07) is 7.89. The number of pyridine rings is 1. The van der Waals surface area contributed by atoms with Gasteiger partial charge in [0.05, 0.1) is 14.2 Å². The molecule has 1 atom stereocenters. The third-order valence-corrected chi connectivity index (χ3v) is 2.80. The van der Waals surface area contributed by atoms with Gasteiger partial charge in [-0.05, 0) is 18.2 Å². The maximum absolute atomic E-state index is 14.1. The number of nitrogens with zero attached hydrogens (tertiary/aromatic N) is 1. The molecule has 0 saturated carbocycles. The summed E-state index contributed by atoms with van der Waals surface area (Å²) in [6.07, 6.45) is 0.371. The van der Waals surface area contributed by atoms with Gasteiger partial charge in [0.15, 0.2) is 11.6 Å². The zero-order chi connectivity index (χ0) is 13.8. The molecule has 0 aliphatic carbocycles. The maximum atomic E-state index is 14.1. The van der Waals surface area contributed by atoms with Gasteiger partial charge in [-0.15, -0.1) is 0 Å². The molecular formula is C14H14FNO3. The van der Waals surface area contributed by atoms with Crippen LogP contribution in [0.25, 0.3) is 0 Å². The van der Waals surface area contributed by atoms with E-state index in [-0.39, 0.29) is 17.2 Å². The normalized spacial score (nSPS) is 12.0. The Kier molecular flexibility index (Phi) is 3.97. The molecule has 0 spiro atoms. The Morgan fingerprint density at radius 2 is 1.84 bits per heavy atom. The van der Waals surface area contributed by atoms with E-state index in [2.05, 4.69) is 4.98 Å². The van der Waals surface area contributed by atoms with E-state index in [0.717, 1.165) is 0 Å². The quantitative estimate of drug-likeness (QED) is 0.919. The van der Waals surface area contributed by atoms with Crippen molar-refractivity contribution in [1.82, 2.24) is 4.98 Å². The zero-order valence-corrected chi connectivity index (χ0v) is 10.6. The molecule has 5 heteroatoms. The Morgan fingerprint density at radius 1 is 1.11 bits per heavy atom. The summed E-state index contributed by atoms with van der Waals surface area (Å²) < 4.78 is 24.1. The molecule has 1 N–H and O–H groups in total. The van der Waals surface area contributed by atoms with Crippen LogP contribution >= 0.6 is 0 Å². The molecule has 0 saturated heterocycles. The highest BCUT2D eigenvalue weighted by molar-refractivity contribution is 5.40. The molecule has 0 fully saturated rings. The van der Waals surface area contributed by atoms with Crippen molar-refractivity contribution >= 4 is 0 Å². The van der Waals surface area contributed by atoms with Crippen LogP contribution < -0.4 is 9.47 Å². The fourth-order valence-electron chi connectivity index (χ4n) is 1.85. The van der Waals surface area contributed by atoms with Crippen LogP contribution in [0.4, 0.5) is 4.39 Å². The van der Waals surface area contributed by atoms with Crippen LogP contribution in [0.5, 0.6) is 11.6 Å². The van der Waals surface area contributed by atoms with E-state index in [4.69, 9.17) is 9.47 Å². The van der Waals surface area contributed by atoms with Gasteiger partial charge in [0.1, 0.15) is 6.10 Å². The lowest BCUT2D eigenvalue weighted by molar-refractivity contribution is 0.206. The highest BCUT2D eigenvalue weighted by Crippen LogP contribution is 2.32. The van der Waals surface area contributed by atoms with Gasteiger partial charge in [0.25, 0.3) is 0 Å². The van der Waals surface area contributed by atoms with E-state index in [0.29, 0.717) is 5.56 Å². The first-order valence-corrected chi connectivity index (χ1v) is 5.68. The van der Waals surface area contributed by atoms with Crippen LogP contribution in [-0.2, 0) is 0 Å². The lowest BCUT2D eigenvalue weighted by atomic mass is 10.0. The molecule has 2 aromatic rings. The van der Waals surface area contributed by atoms with E-state index < -0.39 is 11.9 Å². The predicted molar refractivity (Wildman–Crippen MR) is 67.8 cm³/mol. The van der Waals surface area contributed by atoms with Gasteiger partial charge >= 0.3 is 0 Å². The number of halogens is 1. The molecule has 0 aliphatic rings. The third-order valence-electron chi connectivity index (χ3n) is 2.80. The van der Waals surface area contributed by atoms with Crippen molar-refractivity contribution in [2.24, 2.45) is 0 Å². The van der Waals surface area contributed by atoms with Crippen LogP contribution in [-0.4, -0.2) is 24.3 Å². The van der Waals surface area contributed by atoms with E-state index >= 15 is 0 Å². The molecule has 0 radical (unpaired) electrons. The van der Waals surface area contributed by atoms with Crippen LogP contribution in [0.15, 0.2) is 36.5 Å². The fraction of sp³-hybridized carbons (Fsp3) is 0.214. The smallest absolute Gasteiger partial charge is 0.219 e. The predicted octanol–water partition coefficient (Wildman–Crippen LogP) is 2.32. The minimum Gasteiger partial charge on any atom is -0.494 e. The number of hydrogen-bond donors (Lipinski definition) is 1. The molecular weight excluding hydrogens is 249 g/mol. The first kappa shape index (κ1) is 13.3. The molecule has 1 aromatic carbocycles. The van der Waals surface area contributed by atoms with Crippen molar-refractivity contribution in [3.05, 3.63) is 53.5 Å². The monoisotopic (exact) mass is 263 g/mol. The van der Waals surface area contributed by atoms with Crippen molar-refractivity contribution in [2.45, 2.75) is 6.10 Å². The number of benzene rings is 1. The van der Waals surface area contributed by atoms with Crippen molar-refractivity contribution in [3.8, 4) is 11.6 Å². The van der Waals surface area contributed by atoms with Gasteiger partial charge in [-0.25, -0.2) is 9.37 Å². The highest BCUT2D eigenvalue weighted by atomic mass is 19.1. The summed E-state index contributed by atoms with van der Waals surface area (Å²) in [5.74, 6) is -0.250. The number of rotatable bonds is 4. The number of aliphatic hydroxyl groups is 1. The molecule has 0 aliphatic heterocycles. The van der Waals surface area contributed by atoms with E-state index in [9.17, 15) is 9.50 Å². The van der Waals surface area contributed by atoms with Gasteiger partial charge in [0, 0.05) is 17.3 Å². The second-order valence-electron chi connectivity index (χ2n) is 3.87. The lowest BCUT2D eigenvalue weighted by Crippen LogP contribution is -2.06. The standard InChI is InChI=1S/C14H14FNO3/c1-18-11-7-3-5-9(12(11)15)13(17)10-6-4-8-16-14(10)19-2/h3-8,13,17H,1-2H3. The van der Waals surface area contributed by atoms with Crippen LogP contribution in [0, 0.1) is 5.82 Å². The van der Waals surface area contributed by atoms with Gasteiger partial charge in [-0.1, -0.05) is 12.1 Å². The average Bonchev–Trinajstić information content (AvgIpc) is 2.46. The number of methoxy groups -OCH3 is 2. The summed E-state index contributed by atoms with van der Waals surface area (Å²) in [4.78, 5) is 3.98. The Hall–Kier alpha value is -2.14. The molecule has 0 amide bonds. The lowest BCUT2D eigenvalue weighted by Gasteiger charge is -2.15. The average molecular weight is 263 g/mol. The van der Waals surface area contributed by atoms with Crippen molar-refractivity contribution in [3.63, 3.8) is 0 Å². The van der Waals surface area contributed by atoms with Crippen LogP contribution in [0.2, 0.25) is 0 Å². The number of hydrogen-bond acceptors (Lipinski definition) is 4. The molecule has 4 nitrogen and oxygen atoms in total. The maximum Gasteiger partial charge on any atom is 0.219 e. The van der Waals surface area contributed by atoms with Gasteiger partial charge < -0.3 is 14.6 Å². The number of aromatic nitrogens is 1. The molecule has 100 valence electrons. The Bertz CT molecular complexity index is 574. The van der Waals surface area contributed by atoms with Crippen molar-refractivity contribution < 1.29 is 19.0 Å². The topological polar surface area (TPSA) is 51.6 Å². The zero-order valence-electron chi connectivity index (χ0n) is 10.6. The van der Waals surface area contributed by atoms with Crippen molar-refractivity contribution in [2.75, 3.05) is 14.2 Å². The molecule has 1 aromatic heterocycles. The molecule has 0 bridgehead atoms. The van der Waals surface area contributed by atoms with E-state index in [1.807, 2.05) is 0 Å². The molecule has 2 rings (SSSR count). The Morgan fingerprint density at radius 3 is 2.53 bits per heavy atom. The third kappa shape index (κ3) is 2.51. The Balaban J connectivity index is 2.47. The SMILES string of the molecule is COc1cccc(C(O)c2cccnc2OC)c1F. The Labute approximate surface area is 110 Å². The molecule has 1 heterocycles. The first-order chi connectivity index (χ1) is 9.19. The summed E-state index contributed by atoms with van der Waals surface area (Å²) in [5.41, 5.74) is 0.516. The minimum absolute atomic E-state index is 0.0828. The van der Waals surface area contributed by atoms with Crippen LogP contribution in [0.3, 0.4) is 0 Å². The number of aliphatic hydroxyl groups excluding tert-OH is 1. The minimum atomic E-state index is -1.17. The first-order valence-electron chi connectivity index (χ1n) is 5.68. The summed E-state index contributed by atoms with van der Waals surface area (Å²) in [7, 11) is 2.82. The number of ether oxygens (including phenoxy) is 2.